The lowest BCUT2D eigenvalue weighted by Crippen LogP contribution is -2.44. The van der Waals surface area contributed by atoms with Crippen molar-refractivity contribution in [1.82, 2.24) is 4.90 Å². The van der Waals surface area contributed by atoms with Crippen molar-refractivity contribution in [2.45, 2.75) is 78.5 Å². The van der Waals surface area contributed by atoms with Crippen molar-refractivity contribution in [3.8, 4) is 0 Å². The molecule has 1 fully saturated rings. The number of nitrogens with zero attached hydrogens (tertiary/aromatic N) is 1. The average Bonchev–Trinajstić information content (AvgIpc) is 2.90. The van der Waals surface area contributed by atoms with Gasteiger partial charge < -0.3 is 5.11 Å². The molecule has 130 valence electrons. The van der Waals surface area contributed by atoms with E-state index >= 15 is 0 Å². The first-order chi connectivity index (χ1) is 10.8. The molecular formula is C21H35NO. The van der Waals surface area contributed by atoms with Gasteiger partial charge in [0, 0.05) is 12.6 Å². The molecule has 0 aliphatic carbocycles. The summed E-state index contributed by atoms with van der Waals surface area (Å²) in [6, 6.07) is 11.3. The molecule has 0 unspecified atom stereocenters. The number of aliphatic hydroxyl groups is 1. The summed E-state index contributed by atoms with van der Waals surface area (Å²) in [4.78, 5) is 2.64. The van der Waals surface area contributed by atoms with Crippen LogP contribution in [-0.4, -0.2) is 28.2 Å². The Morgan fingerprint density at radius 3 is 2.22 bits per heavy atom. The summed E-state index contributed by atoms with van der Waals surface area (Å²) < 4.78 is 0. The largest absolute Gasteiger partial charge is 0.390 e. The van der Waals surface area contributed by atoms with Crippen LogP contribution in [0.1, 0.15) is 65.9 Å². The fourth-order valence-corrected chi connectivity index (χ4v) is 4.42. The first-order valence-corrected chi connectivity index (χ1v) is 9.29. The number of hydrogen-bond acceptors (Lipinski definition) is 2. The number of likely N-dealkylation sites (tertiary alicyclic amines) is 1. The highest BCUT2D eigenvalue weighted by Gasteiger charge is 2.43. The van der Waals surface area contributed by atoms with Gasteiger partial charge in [0.05, 0.1) is 5.60 Å². The summed E-state index contributed by atoms with van der Waals surface area (Å²) in [5, 5.41) is 10.8. The van der Waals surface area contributed by atoms with Crippen molar-refractivity contribution in [3.05, 3.63) is 35.9 Å². The minimum absolute atomic E-state index is 0.234. The Hall–Kier alpha value is -0.860. The van der Waals surface area contributed by atoms with E-state index in [2.05, 4.69) is 69.9 Å². The highest BCUT2D eigenvalue weighted by molar-refractivity contribution is 5.15. The second-order valence-electron chi connectivity index (χ2n) is 8.45. The van der Waals surface area contributed by atoms with E-state index < -0.39 is 5.60 Å². The molecule has 23 heavy (non-hydrogen) atoms. The Bertz CT molecular complexity index is 472. The molecule has 1 aliphatic rings. The van der Waals surface area contributed by atoms with Gasteiger partial charge in [0.15, 0.2) is 0 Å². The van der Waals surface area contributed by atoms with Crippen LogP contribution in [0.15, 0.2) is 30.3 Å². The van der Waals surface area contributed by atoms with Gasteiger partial charge in [0.2, 0.25) is 0 Å². The van der Waals surface area contributed by atoms with Crippen LogP contribution >= 0.6 is 0 Å². The molecule has 1 saturated heterocycles. The van der Waals surface area contributed by atoms with Gasteiger partial charge in [-0.1, -0.05) is 65.0 Å². The van der Waals surface area contributed by atoms with Crippen LogP contribution in [0, 0.1) is 11.3 Å². The van der Waals surface area contributed by atoms with Crippen LogP contribution in [0.4, 0.5) is 0 Å². The van der Waals surface area contributed by atoms with Crippen LogP contribution in [0.25, 0.3) is 0 Å². The van der Waals surface area contributed by atoms with Crippen molar-refractivity contribution in [2.24, 2.45) is 11.3 Å². The Balaban J connectivity index is 2.15. The highest BCUT2D eigenvalue weighted by Crippen LogP contribution is 2.42. The molecule has 0 spiro atoms. The zero-order chi connectivity index (χ0) is 17.1. The van der Waals surface area contributed by atoms with Gasteiger partial charge in [0.25, 0.3) is 0 Å². The van der Waals surface area contributed by atoms with E-state index in [1.54, 1.807) is 0 Å². The molecule has 1 aromatic rings. The maximum atomic E-state index is 10.8. The second-order valence-corrected chi connectivity index (χ2v) is 8.45. The van der Waals surface area contributed by atoms with Crippen LogP contribution in [0.5, 0.6) is 0 Å². The molecule has 0 amide bonds. The number of rotatable bonds is 6. The number of hydrogen-bond donors (Lipinski definition) is 1. The molecule has 1 heterocycles. The highest BCUT2D eigenvalue weighted by atomic mass is 16.3. The van der Waals surface area contributed by atoms with E-state index in [4.69, 9.17) is 0 Å². The van der Waals surface area contributed by atoms with Crippen molar-refractivity contribution in [1.29, 1.82) is 0 Å². The molecule has 2 heteroatoms. The third kappa shape index (κ3) is 4.58. The zero-order valence-corrected chi connectivity index (χ0v) is 15.7. The van der Waals surface area contributed by atoms with Gasteiger partial charge in [-0.25, -0.2) is 0 Å². The lowest BCUT2D eigenvalue weighted by molar-refractivity contribution is -0.00865. The first-order valence-electron chi connectivity index (χ1n) is 9.29. The second kappa shape index (κ2) is 7.36. The van der Waals surface area contributed by atoms with Crippen LogP contribution < -0.4 is 0 Å². The third-order valence-corrected chi connectivity index (χ3v) is 5.70. The Labute approximate surface area is 142 Å². The molecule has 2 nitrogen and oxygen atoms in total. The van der Waals surface area contributed by atoms with E-state index in [0.29, 0.717) is 12.0 Å². The molecule has 2 rings (SSSR count). The lowest BCUT2D eigenvalue weighted by atomic mass is 9.74. The van der Waals surface area contributed by atoms with Gasteiger partial charge >= 0.3 is 0 Å². The lowest BCUT2D eigenvalue weighted by Gasteiger charge is -2.41. The summed E-state index contributed by atoms with van der Waals surface area (Å²) in [6.07, 6.45) is 3.86. The molecule has 1 aromatic carbocycles. The maximum Gasteiger partial charge on any atom is 0.0645 e. The molecule has 2 atom stereocenters. The van der Waals surface area contributed by atoms with Gasteiger partial charge in [-0.15, -0.1) is 0 Å². The van der Waals surface area contributed by atoms with Crippen molar-refractivity contribution in [3.63, 3.8) is 0 Å². The maximum absolute atomic E-state index is 10.8. The van der Waals surface area contributed by atoms with Crippen LogP contribution in [0.3, 0.4) is 0 Å². The third-order valence-electron chi connectivity index (χ3n) is 5.70. The Morgan fingerprint density at radius 1 is 1.09 bits per heavy atom. The van der Waals surface area contributed by atoms with Gasteiger partial charge in [-0.3, -0.25) is 4.90 Å². The molecule has 0 saturated carbocycles. The zero-order valence-electron chi connectivity index (χ0n) is 15.7. The van der Waals surface area contributed by atoms with Crippen molar-refractivity contribution < 1.29 is 5.11 Å². The summed E-state index contributed by atoms with van der Waals surface area (Å²) in [6.45, 7) is 13.5. The molecule has 1 aliphatic heterocycles. The standard InChI is InChI=1S/C21H35NO/c1-6-21(23,7-2)15-18-13-14-22(19(18)20(3,4)5)16-17-11-9-8-10-12-17/h8-12,18-19,23H,6-7,13-16H2,1-5H3/t18-,19+/m1/s1. The van der Waals surface area contributed by atoms with E-state index in [0.717, 1.165) is 32.4 Å². The SMILES string of the molecule is CCC(O)(CC)C[C@H]1CCN(Cc2ccccc2)[C@@H]1C(C)(C)C. The molecule has 0 bridgehead atoms. The molecule has 0 radical (unpaired) electrons. The minimum Gasteiger partial charge on any atom is -0.390 e. The van der Waals surface area contributed by atoms with Gasteiger partial charge in [-0.2, -0.15) is 0 Å². The normalized spacial score (nSPS) is 23.4. The predicted molar refractivity (Wildman–Crippen MR) is 98.4 cm³/mol. The molecular weight excluding hydrogens is 282 g/mol. The van der Waals surface area contributed by atoms with Crippen LogP contribution in [-0.2, 0) is 6.54 Å². The smallest absolute Gasteiger partial charge is 0.0645 e. The minimum atomic E-state index is -0.489. The molecule has 0 aromatic heterocycles. The quantitative estimate of drug-likeness (QED) is 0.809. The van der Waals surface area contributed by atoms with Gasteiger partial charge in [-0.05, 0) is 49.1 Å². The topological polar surface area (TPSA) is 23.5 Å². The summed E-state index contributed by atoms with van der Waals surface area (Å²) >= 11 is 0. The van der Waals surface area contributed by atoms with Crippen LogP contribution in [0.2, 0.25) is 0 Å². The van der Waals surface area contributed by atoms with E-state index in [9.17, 15) is 5.11 Å². The summed E-state index contributed by atoms with van der Waals surface area (Å²) in [7, 11) is 0. The van der Waals surface area contributed by atoms with Crippen molar-refractivity contribution in [2.75, 3.05) is 6.54 Å². The van der Waals surface area contributed by atoms with E-state index in [1.165, 1.54) is 12.0 Å². The first kappa shape index (κ1) is 18.5. The number of benzene rings is 1. The summed E-state index contributed by atoms with van der Waals surface area (Å²) in [5.41, 5.74) is 1.14. The van der Waals surface area contributed by atoms with E-state index in [1.807, 2.05) is 0 Å². The fourth-order valence-electron chi connectivity index (χ4n) is 4.42. The Morgan fingerprint density at radius 2 is 1.70 bits per heavy atom. The van der Waals surface area contributed by atoms with E-state index in [-0.39, 0.29) is 5.41 Å². The monoisotopic (exact) mass is 317 g/mol. The molecule has 1 N–H and O–H groups in total. The predicted octanol–water partition coefficient (Wildman–Crippen LogP) is 4.86. The fraction of sp³-hybridized carbons (Fsp3) is 0.714. The van der Waals surface area contributed by atoms with Gasteiger partial charge in [0.1, 0.15) is 0 Å². The average molecular weight is 318 g/mol. The van der Waals surface area contributed by atoms with Crippen molar-refractivity contribution >= 4 is 0 Å². The Kier molecular flexibility index (Phi) is 5.91. The summed E-state index contributed by atoms with van der Waals surface area (Å²) in [5.74, 6) is 0.587.